The summed E-state index contributed by atoms with van der Waals surface area (Å²) in [5.74, 6) is 1.73. The molecule has 16 heteroatoms. The Morgan fingerprint density at radius 3 is 2.32 bits per heavy atom. The number of carbonyl (C=O) groups excluding carboxylic acids is 2. The number of hydrogen-bond donors (Lipinski definition) is 5. The van der Waals surface area contributed by atoms with Gasteiger partial charge in [-0.3, -0.25) is 14.4 Å². The van der Waals surface area contributed by atoms with Gasteiger partial charge in [-0.05, 0) is 66.3 Å². The molecule has 1 fully saturated rings. The molecule has 15 nitrogen and oxygen atoms in total. The van der Waals surface area contributed by atoms with Crippen molar-refractivity contribution in [2.75, 3.05) is 61.6 Å². The van der Waals surface area contributed by atoms with Crippen LogP contribution in [0.2, 0.25) is 0 Å². The van der Waals surface area contributed by atoms with E-state index in [1.807, 2.05) is 45.0 Å². The molecular weight excluding hydrogens is 775 g/mol. The van der Waals surface area contributed by atoms with Gasteiger partial charge in [0.05, 0.1) is 43.6 Å². The minimum atomic E-state index is -3.73. The fourth-order valence-electron chi connectivity index (χ4n) is 6.92. The first-order chi connectivity index (χ1) is 28.0. The maximum absolute atomic E-state index is 13.4. The Morgan fingerprint density at radius 1 is 0.932 bits per heavy atom. The SMILES string of the molecule is COc1cc(Nc2cc(Oc3ccc(N(C(N)=O)c4cc(C(C)(C)C)cc(NS(C)(=O)=O)c4OC)c4ccccc34)ccn2)cc(C(=O)NCCN2CCC(O)CC2)c1. The van der Waals surface area contributed by atoms with Gasteiger partial charge >= 0.3 is 6.03 Å². The van der Waals surface area contributed by atoms with Crippen LogP contribution in [0.3, 0.4) is 0 Å². The number of nitrogens with two attached hydrogens (primary N) is 1. The van der Waals surface area contributed by atoms with Crippen molar-refractivity contribution >= 4 is 61.3 Å². The number of urea groups is 1. The maximum atomic E-state index is 13.4. The van der Waals surface area contributed by atoms with E-state index in [-0.39, 0.29) is 29.1 Å². The Bertz CT molecular complexity index is 2450. The average Bonchev–Trinajstić information content (AvgIpc) is 3.18. The molecule has 1 aliphatic heterocycles. The van der Waals surface area contributed by atoms with E-state index in [9.17, 15) is 23.1 Å². The third-order valence-corrected chi connectivity index (χ3v) is 10.5. The smallest absolute Gasteiger partial charge is 0.324 e. The molecule has 0 unspecified atom stereocenters. The van der Waals surface area contributed by atoms with E-state index in [1.54, 1.807) is 60.8 Å². The predicted octanol–water partition coefficient (Wildman–Crippen LogP) is 6.86. The van der Waals surface area contributed by atoms with E-state index in [0.29, 0.717) is 63.9 Å². The first-order valence-electron chi connectivity index (χ1n) is 19.1. The molecule has 1 aliphatic rings. The molecule has 5 aromatic rings. The molecule has 6 N–H and O–H groups in total. The van der Waals surface area contributed by atoms with Crippen LogP contribution in [0.15, 0.2) is 85.1 Å². The van der Waals surface area contributed by atoms with Crippen molar-refractivity contribution < 1.29 is 37.3 Å². The molecule has 0 atom stereocenters. The summed E-state index contributed by atoms with van der Waals surface area (Å²) in [5, 5.41) is 17.3. The molecule has 1 saturated heterocycles. The topological polar surface area (TPSA) is 198 Å². The highest BCUT2D eigenvalue weighted by molar-refractivity contribution is 7.92. The zero-order valence-electron chi connectivity index (χ0n) is 34.0. The van der Waals surface area contributed by atoms with Crippen molar-refractivity contribution in [2.45, 2.75) is 45.1 Å². The van der Waals surface area contributed by atoms with Gasteiger partial charge in [0.15, 0.2) is 5.75 Å². The van der Waals surface area contributed by atoms with E-state index in [0.717, 1.165) is 37.8 Å². The molecule has 2 heterocycles. The molecule has 59 heavy (non-hydrogen) atoms. The van der Waals surface area contributed by atoms with Crippen LogP contribution in [0.5, 0.6) is 23.0 Å². The molecule has 0 bridgehead atoms. The number of piperidine rings is 1. The lowest BCUT2D eigenvalue weighted by Crippen LogP contribution is -2.40. The number of fused-ring (bicyclic) bond motifs is 1. The van der Waals surface area contributed by atoms with Gasteiger partial charge in [-0.2, -0.15) is 0 Å². The first kappa shape index (κ1) is 42.5. The number of amides is 3. The fraction of sp³-hybridized carbons (Fsp3) is 0.326. The third-order valence-electron chi connectivity index (χ3n) is 9.90. The van der Waals surface area contributed by atoms with E-state index in [2.05, 4.69) is 25.2 Å². The highest BCUT2D eigenvalue weighted by Crippen LogP contribution is 2.46. The van der Waals surface area contributed by atoms with E-state index < -0.39 is 21.5 Å². The Morgan fingerprint density at radius 2 is 1.66 bits per heavy atom. The van der Waals surface area contributed by atoms with Crippen LogP contribution >= 0.6 is 0 Å². The number of nitrogens with one attached hydrogen (secondary N) is 3. The number of anilines is 5. The third kappa shape index (κ3) is 10.5. The van der Waals surface area contributed by atoms with Gasteiger partial charge in [0.1, 0.15) is 23.1 Å². The number of nitrogens with zero attached hydrogens (tertiary/aromatic N) is 3. The van der Waals surface area contributed by atoms with Crippen molar-refractivity contribution in [3.63, 3.8) is 0 Å². The van der Waals surface area contributed by atoms with Crippen molar-refractivity contribution in [1.29, 1.82) is 0 Å². The molecule has 1 aromatic heterocycles. The van der Waals surface area contributed by atoms with E-state index in [4.69, 9.17) is 19.9 Å². The van der Waals surface area contributed by atoms with Crippen LogP contribution in [-0.4, -0.2) is 88.1 Å². The van der Waals surface area contributed by atoms with Crippen molar-refractivity contribution in [3.05, 3.63) is 96.2 Å². The highest BCUT2D eigenvalue weighted by atomic mass is 32.2. The van der Waals surface area contributed by atoms with Crippen LogP contribution in [-0.2, 0) is 15.4 Å². The molecule has 0 aliphatic carbocycles. The number of hydrogen-bond acceptors (Lipinski definition) is 11. The number of rotatable bonds is 14. The molecule has 6 rings (SSSR count). The second-order valence-electron chi connectivity index (χ2n) is 15.4. The highest BCUT2D eigenvalue weighted by Gasteiger charge is 2.28. The molecule has 0 spiro atoms. The molecule has 3 amide bonds. The molecule has 0 saturated carbocycles. The molecule has 4 aromatic carbocycles. The number of pyridine rings is 1. The van der Waals surface area contributed by atoms with Crippen LogP contribution in [0.25, 0.3) is 10.8 Å². The van der Waals surface area contributed by atoms with Gasteiger partial charge in [-0.25, -0.2) is 18.2 Å². The summed E-state index contributed by atoms with van der Waals surface area (Å²) in [4.78, 5) is 34.6. The number of methoxy groups -OCH3 is 2. The number of sulfonamides is 1. The number of carbonyl (C=O) groups is 2. The van der Waals surface area contributed by atoms with Gasteiger partial charge in [-0.15, -0.1) is 0 Å². The summed E-state index contributed by atoms with van der Waals surface area (Å²) < 4.78 is 45.0. The fourth-order valence-corrected chi connectivity index (χ4v) is 7.47. The van der Waals surface area contributed by atoms with Crippen LogP contribution in [0, 0.1) is 0 Å². The predicted molar refractivity (Wildman–Crippen MR) is 230 cm³/mol. The summed E-state index contributed by atoms with van der Waals surface area (Å²) in [6.07, 6.45) is 3.85. The second-order valence-corrected chi connectivity index (χ2v) is 17.1. The quantitative estimate of drug-likeness (QED) is 0.0784. The van der Waals surface area contributed by atoms with Crippen LogP contribution in [0.4, 0.5) is 33.4 Å². The Labute approximate surface area is 344 Å². The maximum Gasteiger partial charge on any atom is 0.324 e. The second kappa shape index (κ2) is 17.8. The number of aliphatic hydroxyl groups is 1. The van der Waals surface area contributed by atoms with Crippen molar-refractivity contribution in [1.82, 2.24) is 15.2 Å². The summed E-state index contributed by atoms with van der Waals surface area (Å²) in [6, 6.07) is 22.0. The van der Waals surface area contributed by atoms with Crippen molar-refractivity contribution in [2.24, 2.45) is 5.73 Å². The Balaban J connectivity index is 1.27. The van der Waals surface area contributed by atoms with Gasteiger partial charge in [0.2, 0.25) is 10.0 Å². The van der Waals surface area contributed by atoms with E-state index >= 15 is 0 Å². The van der Waals surface area contributed by atoms with Crippen LogP contribution < -0.4 is 40.2 Å². The minimum Gasteiger partial charge on any atom is -0.497 e. The number of aliphatic hydroxyl groups excluding tert-OH is 1. The molecular formula is C43H51N7O8S. The normalized spacial score (nSPS) is 13.7. The monoisotopic (exact) mass is 825 g/mol. The summed E-state index contributed by atoms with van der Waals surface area (Å²) in [5.41, 5.74) is 8.20. The summed E-state index contributed by atoms with van der Waals surface area (Å²) in [7, 11) is -0.800. The average molecular weight is 826 g/mol. The largest absolute Gasteiger partial charge is 0.497 e. The molecule has 312 valence electrons. The Hall–Kier alpha value is -6.10. The number of likely N-dealkylation sites (tertiary alicyclic amines) is 1. The van der Waals surface area contributed by atoms with Crippen molar-refractivity contribution in [3.8, 4) is 23.0 Å². The zero-order valence-corrected chi connectivity index (χ0v) is 34.9. The van der Waals surface area contributed by atoms with Crippen LogP contribution in [0.1, 0.15) is 49.5 Å². The van der Waals surface area contributed by atoms with Gasteiger partial charge in [0.25, 0.3) is 5.91 Å². The Kier molecular flexibility index (Phi) is 12.8. The summed E-state index contributed by atoms with van der Waals surface area (Å²) >= 11 is 0. The number of aromatic nitrogens is 1. The lowest BCUT2D eigenvalue weighted by molar-refractivity contribution is 0.0804. The summed E-state index contributed by atoms with van der Waals surface area (Å²) in [6.45, 7) is 8.67. The van der Waals surface area contributed by atoms with E-state index in [1.165, 1.54) is 19.1 Å². The zero-order chi connectivity index (χ0) is 42.5. The lowest BCUT2D eigenvalue weighted by atomic mass is 9.86. The van der Waals surface area contributed by atoms with Gasteiger partial charge < -0.3 is 40.6 Å². The number of benzene rings is 4. The first-order valence-corrected chi connectivity index (χ1v) is 21.0. The van der Waals surface area contributed by atoms with Gasteiger partial charge in [0, 0.05) is 66.5 Å². The lowest BCUT2D eigenvalue weighted by Gasteiger charge is -2.29. The number of primary amides is 1. The van der Waals surface area contributed by atoms with Gasteiger partial charge in [-0.1, -0.05) is 45.0 Å². The standard InChI is InChI=1S/C43H51N7O8S/c1-43(2,3)28-23-35(48-59(6,54)55)40(57-5)37(24-28)50(42(44)53)36-11-12-38(34-10-8-7-9-33(34)36)58-31-13-16-45-39(26-31)47-29-21-27(22-32(25-29)56-4)41(52)46-17-20-49-18-14-30(51)15-19-49/h7-13,16,21-26,30,48,51H,14-15,17-20H2,1-6H3,(H2,44,53)(H,45,47)(H,46,52). The minimum absolute atomic E-state index is 0.113. The molecule has 0 radical (unpaired) electrons. The number of ether oxygens (including phenoxy) is 3.